The number of aryl methyl sites for hydroxylation is 1. The molecule has 0 aliphatic heterocycles. The molecular weight excluding hydrogens is 376 g/mol. The molecule has 1 aromatic heterocycles. The third-order valence-corrected chi connectivity index (χ3v) is 6.54. The largest absolute Gasteiger partial charge is 0.256 e. The quantitative estimate of drug-likeness (QED) is 0.158. The van der Waals surface area contributed by atoms with E-state index in [9.17, 15) is 0 Å². The summed E-state index contributed by atoms with van der Waals surface area (Å²) >= 11 is 0. The van der Waals surface area contributed by atoms with E-state index in [2.05, 4.69) is 65.7 Å². The zero-order chi connectivity index (χ0) is 22.0. The Morgan fingerprint density at radius 3 is 1.81 bits per heavy atom. The van der Waals surface area contributed by atoms with Crippen molar-refractivity contribution >= 4 is 0 Å². The van der Waals surface area contributed by atoms with E-state index in [4.69, 9.17) is 0 Å². The molecule has 0 aliphatic carbocycles. The Morgan fingerprint density at radius 1 is 0.645 bits per heavy atom. The molecule has 2 rings (SSSR count). The monoisotopic (exact) mass is 425 g/mol. The number of benzene rings is 1. The summed E-state index contributed by atoms with van der Waals surface area (Å²) in [4.78, 5) is 0. The van der Waals surface area contributed by atoms with Crippen molar-refractivity contribution in [3.05, 3.63) is 54.1 Å². The molecule has 0 saturated carbocycles. The Bertz CT molecular complexity index is 659. The Kier molecular flexibility index (Phi) is 14.1. The van der Waals surface area contributed by atoms with Gasteiger partial charge in [0.05, 0.1) is 6.54 Å². The number of aromatic nitrogens is 2. The van der Waals surface area contributed by atoms with Gasteiger partial charge in [-0.3, -0.25) is 0 Å². The molecule has 2 aromatic rings. The third kappa shape index (κ3) is 11.0. The highest BCUT2D eigenvalue weighted by Gasteiger charge is 2.17. The van der Waals surface area contributed by atoms with E-state index in [1.165, 1.54) is 121 Å². The van der Waals surface area contributed by atoms with Gasteiger partial charge in [0.15, 0.2) is 0 Å². The topological polar surface area (TPSA) is 8.81 Å². The predicted octanol–water partition coefficient (Wildman–Crippen LogP) is 8.26. The van der Waals surface area contributed by atoms with Crippen LogP contribution in [0.1, 0.15) is 122 Å². The molecule has 0 bridgehead atoms. The van der Waals surface area contributed by atoms with E-state index in [0.717, 1.165) is 6.54 Å². The molecule has 0 saturated heterocycles. The Morgan fingerprint density at radius 2 is 1.19 bits per heavy atom. The van der Waals surface area contributed by atoms with Crippen molar-refractivity contribution < 1.29 is 4.57 Å². The average Bonchev–Trinajstić information content (AvgIpc) is 3.17. The second kappa shape index (κ2) is 17.0. The molecule has 0 spiro atoms. The first-order valence-corrected chi connectivity index (χ1v) is 13.5. The van der Waals surface area contributed by atoms with Crippen LogP contribution in [0.2, 0.25) is 0 Å². The van der Waals surface area contributed by atoms with E-state index in [1.807, 2.05) is 0 Å². The van der Waals surface area contributed by atoms with Crippen molar-refractivity contribution in [1.29, 1.82) is 0 Å². The van der Waals surface area contributed by atoms with Crippen molar-refractivity contribution in [3.63, 3.8) is 0 Å². The highest BCUT2D eigenvalue weighted by Crippen LogP contribution is 2.12. The summed E-state index contributed by atoms with van der Waals surface area (Å²) in [7, 11) is 0. The number of rotatable bonds is 19. The summed E-state index contributed by atoms with van der Waals surface area (Å²) in [5, 5.41) is 0. The molecule has 2 heteroatoms. The van der Waals surface area contributed by atoms with Gasteiger partial charge in [-0.15, -0.1) is 0 Å². The minimum atomic E-state index is 0.996. The molecule has 0 fully saturated rings. The fraction of sp³-hybridized carbons (Fsp3) is 0.690. The standard InChI is InChI=1S/C29H49N2/c1-3-5-7-9-10-11-12-13-15-20-24-30-25-26-31(27-28-21-17-16-18-22-28)29(30)23-19-14-8-6-4-2/h16-18,21-22,25-26H,3-15,19-20,23-24,27H2,1-2H3/q+1. The van der Waals surface area contributed by atoms with Gasteiger partial charge in [0.1, 0.15) is 18.9 Å². The zero-order valence-electron chi connectivity index (χ0n) is 20.7. The lowest BCUT2D eigenvalue weighted by atomic mass is 10.1. The van der Waals surface area contributed by atoms with Gasteiger partial charge in [0, 0.05) is 6.42 Å². The second-order valence-electron chi connectivity index (χ2n) is 9.37. The molecule has 0 radical (unpaired) electrons. The zero-order valence-corrected chi connectivity index (χ0v) is 20.7. The van der Waals surface area contributed by atoms with Gasteiger partial charge in [-0.2, -0.15) is 0 Å². The Labute approximate surface area is 193 Å². The molecule has 1 aromatic carbocycles. The fourth-order valence-electron chi connectivity index (χ4n) is 4.57. The highest BCUT2D eigenvalue weighted by atomic mass is 15.1. The van der Waals surface area contributed by atoms with Gasteiger partial charge in [0.25, 0.3) is 5.82 Å². The smallest absolute Gasteiger partial charge is 0.234 e. The molecule has 2 nitrogen and oxygen atoms in total. The first-order valence-electron chi connectivity index (χ1n) is 13.5. The first-order chi connectivity index (χ1) is 15.3. The predicted molar refractivity (Wildman–Crippen MR) is 134 cm³/mol. The second-order valence-corrected chi connectivity index (χ2v) is 9.37. The summed E-state index contributed by atoms with van der Waals surface area (Å²) in [5.41, 5.74) is 1.40. The molecule has 31 heavy (non-hydrogen) atoms. The number of nitrogens with zero attached hydrogens (tertiary/aromatic N) is 2. The summed E-state index contributed by atoms with van der Waals surface area (Å²) in [5.74, 6) is 1.52. The van der Waals surface area contributed by atoms with Gasteiger partial charge >= 0.3 is 0 Å². The molecule has 0 amide bonds. The maximum absolute atomic E-state index is 2.55. The average molecular weight is 426 g/mol. The number of hydrogen-bond acceptors (Lipinski definition) is 0. The number of imidazole rings is 1. The minimum absolute atomic E-state index is 0.996. The van der Waals surface area contributed by atoms with Crippen LogP contribution in [0.15, 0.2) is 42.7 Å². The molecule has 0 atom stereocenters. The van der Waals surface area contributed by atoms with Crippen LogP contribution in [0.5, 0.6) is 0 Å². The van der Waals surface area contributed by atoms with Crippen molar-refractivity contribution in [2.75, 3.05) is 0 Å². The number of hydrogen-bond donors (Lipinski definition) is 0. The molecule has 0 unspecified atom stereocenters. The van der Waals surface area contributed by atoms with Crippen molar-refractivity contribution in [2.24, 2.45) is 0 Å². The first kappa shape index (κ1) is 25.7. The maximum Gasteiger partial charge on any atom is 0.256 e. The molecule has 0 aliphatic rings. The van der Waals surface area contributed by atoms with Crippen LogP contribution < -0.4 is 4.57 Å². The van der Waals surface area contributed by atoms with Crippen LogP contribution in [0, 0.1) is 0 Å². The Balaban J connectivity index is 1.76. The van der Waals surface area contributed by atoms with E-state index in [1.54, 1.807) is 0 Å². The molecule has 0 N–H and O–H groups in total. The summed E-state index contributed by atoms with van der Waals surface area (Å²) in [6.07, 6.45) is 26.7. The normalized spacial score (nSPS) is 11.3. The lowest BCUT2D eigenvalue weighted by Gasteiger charge is -2.07. The summed E-state index contributed by atoms with van der Waals surface area (Å²) in [6, 6.07) is 10.9. The van der Waals surface area contributed by atoms with Gasteiger partial charge < -0.3 is 0 Å². The van der Waals surface area contributed by atoms with Gasteiger partial charge in [-0.25, -0.2) is 9.13 Å². The van der Waals surface area contributed by atoms with E-state index in [0.29, 0.717) is 0 Å². The van der Waals surface area contributed by atoms with E-state index in [-0.39, 0.29) is 0 Å². The lowest BCUT2D eigenvalue weighted by Crippen LogP contribution is -2.37. The molecular formula is C29H49N2+. The van der Waals surface area contributed by atoms with Gasteiger partial charge in [-0.1, -0.05) is 121 Å². The van der Waals surface area contributed by atoms with Crippen LogP contribution in [-0.2, 0) is 19.5 Å². The third-order valence-electron chi connectivity index (χ3n) is 6.54. The summed E-state index contributed by atoms with van der Waals surface area (Å²) < 4.78 is 5.04. The number of unbranched alkanes of at least 4 members (excludes halogenated alkanes) is 13. The van der Waals surface area contributed by atoms with Crippen LogP contribution in [0.4, 0.5) is 0 Å². The Hall–Kier alpha value is -1.57. The van der Waals surface area contributed by atoms with Crippen LogP contribution in [0.3, 0.4) is 0 Å². The van der Waals surface area contributed by atoms with E-state index >= 15 is 0 Å². The SMILES string of the molecule is CCCCCCCCCCCC[n+]1ccn(Cc2ccccc2)c1CCCCCCC. The van der Waals surface area contributed by atoms with Crippen molar-refractivity contribution in [1.82, 2.24) is 4.57 Å². The lowest BCUT2D eigenvalue weighted by molar-refractivity contribution is -0.704. The van der Waals surface area contributed by atoms with Crippen LogP contribution >= 0.6 is 0 Å². The molecule has 174 valence electrons. The summed E-state index contributed by atoms with van der Waals surface area (Å²) in [6.45, 7) is 6.77. The van der Waals surface area contributed by atoms with Gasteiger partial charge in [-0.05, 0) is 24.8 Å². The van der Waals surface area contributed by atoms with E-state index < -0.39 is 0 Å². The minimum Gasteiger partial charge on any atom is -0.234 e. The fourth-order valence-corrected chi connectivity index (χ4v) is 4.57. The van der Waals surface area contributed by atoms with Crippen LogP contribution in [-0.4, -0.2) is 4.57 Å². The molecule has 1 heterocycles. The van der Waals surface area contributed by atoms with Crippen molar-refractivity contribution in [3.8, 4) is 0 Å². The maximum atomic E-state index is 2.55. The van der Waals surface area contributed by atoms with Crippen molar-refractivity contribution in [2.45, 2.75) is 130 Å². The highest BCUT2D eigenvalue weighted by molar-refractivity contribution is 5.15. The van der Waals surface area contributed by atoms with Crippen LogP contribution in [0.25, 0.3) is 0 Å². The van der Waals surface area contributed by atoms with Gasteiger partial charge in [0.2, 0.25) is 0 Å².